The van der Waals surface area contributed by atoms with Gasteiger partial charge in [0.1, 0.15) is 0 Å². The van der Waals surface area contributed by atoms with Crippen LogP contribution in [0.4, 0.5) is 0 Å². The van der Waals surface area contributed by atoms with Crippen LogP contribution in [0.3, 0.4) is 0 Å². The number of fused-ring (bicyclic) bond motifs is 1. The molecule has 0 radical (unpaired) electrons. The fraction of sp³-hybridized carbons (Fsp3) is 0.444. The van der Waals surface area contributed by atoms with E-state index >= 15 is 0 Å². The molecule has 2 rings (SSSR count). The van der Waals surface area contributed by atoms with Crippen LogP contribution in [0, 0.1) is 12.8 Å². The molecule has 1 unspecified atom stereocenters. The van der Waals surface area contributed by atoms with E-state index < -0.39 is 0 Å². The third kappa shape index (κ3) is 2.43. The van der Waals surface area contributed by atoms with Gasteiger partial charge in [0.15, 0.2) is 0 Å². The van der Waals surface area contributed by atoms with Gasteiger partial charge >= 0.3 is 0 Å². The molecule has 2 aromatic carbocycles. The molecule has 18 heavy (non-hydrogen) atoms. The molecule has 0 aliphatic carbocycles. The Morgan fingerprint density at radius 2 is 1.61 bits per heavy atom. The second-order valence-electron chi connectivity index (χ2n) is 5.66. The predicted octanol–water partition coefficient (Wildman–Crippen LogP) is 5.69. The monoisotopic (exact) mass is 240 g/mol. The van der Waals surface area contributed by atoms with Crippen LogP contribution in [-0.4, -0.2) is 0 Å². The van der Waals surface area contributed by atoms with Crippen LogP contribution in [0.15, 0.2) is 36.4 Å². The van der Waals surface area contributed by atoms with Crippen molar-refractivity contribution in [2.75, 3.05) is 0 Å². The summed E-state index contributed by atoms with van der Waals surface area (Å²) < 4.78 is 0. The average Bonchev–Trinajstić information content (AvgIpc) is 2.36. The molecule has 0 saturated carbocycles. The quantitative estimate of drug-likeness (QED) is 0.644. The number of aryl methyl sites for hydroxylation is 1. The van der Waals surface area contributed by atoms with Crippen molar-refractivity contribution in [3.63, 3.8) is 0 Å². The Hall–Kier alpha value is -1.30. The molecule has 0 fully saturated rings. The first-order valence-corrected chi connectivity index (χ1v) is 7.13. The van der Waals surface area contributed by atoms with Gasteiger partial charge in [0, 0.05) is 0 Å². The summed E-state index contributed by atoms with van der Waals surface area (Å²) in [5.74, 6) is 1.39. The lowest BCUT2D eigenvalue weighted by Crippen LogP contribution is -2.07. The van der Waals surface area contributed by atoms with Crippen molar-refractivity contribution in [1.82, 2.24) is 0 Å². The van der Waals surface area contributed by atoms with Crippen LogP contribution in [0.25, 0.3) is 10.8 Å². The molecular weight excluding hydrogens is 216 g/mol. The molecule has 96 valence electrons. The van der Waals surface area contributed by atoms with Crippen LogP contribution in [0.5, 0.6) is 0 Å². The maximum Gasteiger partial charge on any atom is -0.0133 e. The van der Waals surface area contributed by atoms with Gasteiger partial charge in [-0.1, -0.05) is 63.6 Å². The first-order valence-electron chi connectivity index (χ1n) is 7.13. The zero-order valence-corrected chi connectivity index (χ0v) is 12.0. The Labute approximate surface area is 111 Å². The molecule has 0 bridgehead atoms. The van der Waals surface area contributed by atoms with E-state index in [0.29, 0.717) is 11.8 Å². The van der Waals surface area contributed by atoms with Crippen LogP contribution >= 0.6 is 0 Å². The maximum absolute atomic E-state index is 2.34. The number of benzene rings is 2. The summed E-state index contributed by atoms with van der Waals surface area (Å²) in [6.07, 6.45) is 2.54. The van der Waals surface area contributed by atoms with Crippen LogP contribution in [0.2, 0.25) is 0 Å². The normalized spacial score (nSPS) is 13.2. The van der Waals surface area contributed by atoms with Gasteiger partial charge in [-0.25, -0.2) is 0 Å². The summed E-state index contributed by atoms with van der Waals surface area (Å²) in [6, 6.07) is 13.5. The Balaban J connectivity index is 2.59. The minimum Gasteiger partial charge on any atom is -0.0654 e. The SMILES string of the molecule is CCCC(c1cccc2c(C)cccc12)C(C)C. The van der Waals surface area contributed by atoms with Crippen LogP contribution in [-0.2, 0) is 0 Å². The molecule has 2 aromatic rings. The van der Waals surface area contributed by atoms with Crippen molar-refractivity contribution in [3.05, 3.63) is 47.5 Å². The van der Waals surface area contributed by atoms with Crippen molar-refractivity contribution in [2.24, 2.45) is 5.92 Å². The molecule has 0 N–H and O–H groups in total. The first-order chi connectivity index (χ1) is 8.65. The summed E-state index contributed by atoms with van der Waals surface area (Å²) in [7, 11) is 0. The minimum atomic E-state index is 0.681. The highest BCUT2D eigenvalue weighted by molar-refractivity contribution is 5.88. The summed E-state index contributed by atoms with van der Waals surface area (Å²) in [5.41, 5.74) is 2.92. The lowest BCUT2D eigenvalue weighted by molar-refractivity contribution is 0.466. The zero-order valence-electron chi connectivity index (χ0n) is 12.0. The molecule has 1 atom stereocenters. The largest absolute Gasteiger partial charge is 0.0654 e. The second-order valence-corrected chi connectivity index (χ2v) is 5.66. The first kappa shape index (κ1) is 13.1. The van der Waals surface area contributed by atoms with Gasteiger partial charge in [0.25, 0.3) is 0 Å². The number of hydrogen-bond acceptors (Lipinski definition) is 0. The lowest BCUT2D eigenvalue weighted by Gasteiger charge is -2.23. The molecular formula is C18H24. The minimum absolute atomic E-state index is 0.681. The molecule has 0 aromatic heterocycles. The smallest absolute Gasteiger partial charge is 0.0133 e. The van der Waals surface area contributed by atoms with Crippen molar-refractivity contribution >= 4 is 10.8 Å². The highest BCUT2D eigenvalue weighted by Crippen LogP contribution is 2.34. The van der Waals surface area contributed by atoms with Gasteiger partial charge in [0.2, 0.25) is 0 Å². The molecule has 0 spiro atoms. The molecule has 0 aliphatic rings. The Morgan fingerprint density at radius 1 is 0.944 bits per heavy atom. The predicted molar refractivity (Wildman–Crippen MR) is 81.2 cm³/mol. The van der Waals surface area contributed by atoms with Gasteiger partial charge in [-0.05, 0) is 47.1 Å². The van der Waals surface area contributed by atoms with E-state index in [2.05, 4.69) is 64.1 Å². The number of hydrogen-bond donors (Lipinski definition) is 0. The summed E-state index contributed by atoms with van der Waals surface area (Å²) in [4.78, 5) is 0. The molecule has 0 saturated heterocycles. The van der Waals surface area contributed by atoms with Gasteiger partial charge in [-0.15, -0.1) is 0 Å². The third-order valence-electron chi connectivity index (χ3n) is 3.98. The highest BCUT2D eigenvalue weighted by atomic mass is 14.2. The molecule has 0 amide bonds. The van der Waals surface area contributed by atoms with Gasteiger partial charge < -0.3 is 0 Å². The molecule has 0 heterocycles. The van der Waals surface area contributed by atoms with Gasteiger partial charge in [-0.2, -0.15) is 0 Å². The summed E-state index contributed by atoms with van der Waals surface area (Å²) >= 11 is 0. The molecule has 0 aliphatic heterocycles. The Morgan fingerprint density at radius 3 is 2.28 bits per heavy atom. The van der Waals surface area contributed by atoms with Crippen molar-refractivity contribution in [3.8, 4) is 0 Å². The average molecular weight is 240 g/mol. The van der Waals surface area contributed by atoms with E-state index in [4.69, 9.17) is 0 Å². The fourth-order valence-electron chi connectivity index (χ4n) is 2.97. The van der Waals surface area contributed by atoms with Crippen molar-refractivity contribution in [2.45, 2.75) is 46.5 Å². The van der Waals surface area contributed by atoms with E-state index in [0.717, 1.165) is 0 Å². The Bertz CT molecular complexity index is 523. The summed E-state index contributed by atoms with van der Waals surface area (Å²) in [5, 5.41) is 2.86. The van der Waals surface area contributed by atoms with Crippen molar-refractivity contribution in [1.29, 1.82) is 0 Å². The molecule has 0 heteroatoms. The number of rotatable bonds is 4. The van der Waals surface area contributed by atoms with E-state index in [9.17, 15) is 0 Å². The third-order valence-corrected chi connectivity index (χ3v) is 3.98. The fourth-order valence-corrected chi connectivity index (χ4v) is 2.97. The van der Waals surface area contributed by atoms with E-state index in [1.807, 2.05) is 0 Å². The highest BCUT2D eigenvalue weighted by Gasteiger charge is 2.17. The van der Waals surface area contributed by atoms with Crippen molar-refractivity contribution < 1.29 is 0 Å². The topological polar surface area (TPSA) is 0 Å². The van der Waals surface area contributed by atoms with Gasteiger partial charge in [-0.3, -0.25) is 0 Å². The maximum atomic E-state index is 2.34. The lowest BCUT2D eigenvalue weighted by atomic mass is 9.82. The summed E-state index contributed by atoms with van der Waals surface area (Å²) in [6.45, 7) is 9.17. The van der Waals surface area contributed by atoms with Crippen LogP contribution < -0.4 is 0 Å². The van der Waals surface area contributed by atoms with E-state index in [1.54, 1.807) is 0 Å². The van der Waals surface area contributed by atoms with E-state index in [1.165, 1.54) is 34.7 Å². The Kier molecular flexibility index (Phi) is 4.06. The zero-order chi connectivity index (χ0) is 13.1. The van der Waals surface area contributed by atoms with E-state index in [-0.39, 0.29) is 0 Å². The van der Waals surface area contributed by atoms with Crippen LogP contribution in [0.1, 0.15) is 50.7 Å². The molecule has 0 nitrogen and oxygen atoms in total. The van der Waals surface area contributed by atoms with Gasteiger partial charge in [0.05, 0.1) is 0 Å². The standard InChI is InChI=1S/C18H24/c1-5-8-15(13(2)3)17-12-7-10-16-14(4)9-6-11-18(16)17/h6-7,9-13,15H,5,8H2,1-4H3. The second kappa shape index (κ2) is 5.56.